The number of imidazole rings is 1. The number of aryl methyl sites for hydroxylation is 1. The van der Waals surface area contributed by atoms with Crippen LogP contribution in [0, 0.1) is 0 Å². The summed E-state index contributed by atoms with van der Waals surface area (Å²) in [5.74, 6) is 0.923. The summed E-state index contributed by atoms with van der Waals surface area (Å²) < 4.78 is 16.3. The lowest BCUT2D eigenvalue weighted by atomic mass is 10.1. The normalized spacial score (nSPS) is 13.5. The molecule has 0 amide bonds. The van der Waals surface area contributed by atoms with E-state index < -0.39 is 6.17 Å². The van der Waals surface area contributed by atoms with Gasteiger partial charge in [0, 0.05) is 29.7 Å². The molecule has 0 aliphatic carbocycles. The summed E-state index contributed by atoms with van der Waals surface area (Å²) in [6.45, 7) is 8.37. The Labute approximate surface area is 191 Å². The molecule has 170 valence electrons. The Bertz CT molecular complexity index is 840. The molecule has 2 aromatic rings. The lowest BCUT2D eigenvalue weighted by Crippen LogP contribution is -2.19. The average Bonchev–Trinajstić information content (AvgIpc) is 3.16. The van der Waals surface area contributed by atoms with E-state index in [1.807, 2.05) is 37.3 Å². The van der Waals surface area contributed by atoms with Crippen molar-refractivity contribution in [1.29, 1.82) is 0 Å². The molecule has 1 atom stereocenters. The molecule has 2 rings (SSSR count). The van der Waals surface area contributed by atoms with Crippen LogP contribution in [0.3, 0.4) is 0 Å². The first-order chi connectivity index (χ1) is 15.0. The predicted molar refractivity (Wildman–Crippen MR) is 132 cm³/mol. The van der Waals surface area contributed by atoms with Gasteiger partial charge in [-0.1, -0.05) is 43.7 Å². The molecule has 0 aliphatic rings. The maximum Gasteiger partial charge on any atom is 0.140 e. The van der Waals surface area contributed by atoms with Crippen molar-refractivity contribution >= 4 is 11.9 Å². The molecular weight excluding hydrogens is 407 g/mol. The van der Waals surface area contributed by atoms with Crippen LogP contribution < -0.4 is 5.14 Å². The van der Waals surface area contributed by atoms with Crippen molar-refractivity contribution in [3.05, 3.63) is 60.0 Å². The molecular formula is C25H37FN4S. The minimum absolute atomic E-state index is 0.667. The number of nitrogens with zero attached hydrogens (tertiary/aromatic N) is 3. The van der Waals surface area contributed by atoms with Crippen LogP contribution in [-0.4, -0.2) is 34.2 Å². The zero-order valence-corrected chi connectivity index (χ0v) is 20.2. The summed E-state index contributed by atoms with van der Waals surface area (Å²) in [5, 5.41) is 5.67. The summed E-state index contributed by atoms with van der Waals surface area (Å²) in [7, 11) is 2.13. The molecule has 0 aliphatic heterocycles. The van der Waals surface area contributed by atoms with Crippen LogP contribution in [0.5, 0.6) is 0 Å². The van der Waals surface area contributed by atoms with E-state index in [0.717, 1.165) is 47.1 Å². The minimum Gasteiger partial charge on any atom is -0.330 e. The van der Waals surface area contributed by atoms with E-state index in [0.29, 0.717) is 13.0 Å². The highest BCUT2D eigenvalue weighted by atomic mass is 32.2. The van der Waals surface area contributed by atoms with Crippen molar-refractivity contribution in [1.82, 2.24) is 14.5 Å². The first-order valence-electron chi connectivity index (χ1n) is 11.1. The standard InChI is InChI=1S/C25H37FN4S/c1-5-7-9-10-21(20(3)26)15-17-30-19-23(18-29(4)16-8-6-2)28-25(30)22-11-13-24(31-27)14-12-22/h5,7,10-14,19-20H,6,8-9,15-18,27H2,1-4H3/b7-5-,21-10-. The molecule has 0 saturated heterocycles. The second-order valence-corrected chi connectivity index (χ2v) is 8.64. The second kappa shape index (κ2) is 13.5. The monoisotopic (exact) mass is 444 g/mol. The maximum atomic E-state index is 14.2. The lowest BCUT2D eigenvalue weighted by Gasteiger charge is -2.14. The number of alkyl halides is 1. The fraction of sp³-hybridized carbons (Fsp3) is 0.480. The van der Waals surface area contributed by atoms with Crippen molar-refractivity contribution in [2.24, 2.45) is 5.14 Å². The summed E-state index contributed by atoms with van der Waals surface area (Å²) in [4.78, 5) is 8.26. The molecule has 0 spiro atoms. The Hall–Kier alpha value is -1.89. The van der Waals surface area contributed by atoms with Gasteiger partial charge in [-0.05, 0) is 76.4 Å². The number of aromatic nitrogens is 2. The van der Waals surface area contributed by atoms with Crippen LogP contribution in [0.1, 0.15) is 52.1 Å². The van der Waals surface area contributed by atoms with Gasteiger partial charge in [0.15, 0.2) is 0 Å². The van der Waals surface area contributed by atoms with E-state index in [1.165, 1.54) is 24.8 Å². The molecule has 31 heavy (non-hydrogen) atoms. The van der Waals surface area contributed by atoms with E-state index in [4.69, 9.17) is 10.1 Å². The van der Waals surface area contributed by atoms with Gasteiger partial charge in [0.25, 0.3) is 0 Å². The molecule has 0 bridgehead atoms. The number of hydrogen-bond acceptors (Lipinski definition) is 4. The van der Waals surface area contributed by atoms with Gasteiger partial charge in [0.1, 0.15) is 12.0 Å². The number of benzene rings is 1. The van der Waals surface area contributed by atoms with Gasteiger partial charge in [0.2, 0.25) is 0 Å². The Kier molecular flexibility index (Phi) is 11.1. The minimum atomic E-state index is -0.947. The third-order valence-corrected chi connectivity index (χ3v) is 5.85. The summed E-state index contributed by atoms with van der Waals surface area (Å²) >= 11 is 1.24. The number of rotatable bonds is 13. The maximum absolute atomic E-state index is 14.2. The predicted octanol–water partition coefficient (Wildman–Crippen LogP) is 6.39. The van der Waals surface area contributed by atoms with Crippen LogP contribution >= 0.6 is 11.9 Å². The third kappa shape index (κ3) is 8.28. The van der Waals surface area contributed by atoms with E-state index in [2.05, 4.69) is 41.8 Å². The van der Waals surface area contributed by atoms with E-state index in [1.54, 1.807) is 6.92 Å². The van der Waals surface area contributed by atoms with Crippen LogP contribution in [0.25, 0.3) is 11.4 Å². The largest absolute Gasteiger partial charge is 0.330 e. The summed E-state index contributed by atoms with van der Waals surface area (Å²) in [6, 6.07) is 8.13. The average molecular weight is 445 g/mol. The Balaban J connectivity index is 2.26. The van der Waals surface area contributed by atoms with Gasteiger partial charge in [0.05, 0.1) is 5.69 Å². The van der Waals surface area contributed by atoms with Crippen molar-refractivity contribution in [3.8, 4) is 11.4 Å². The van der Waals surface area contributed by atoms with Gasteiger partial charge in [-0.2, -0.15) is 0 Å². The van der Waals surface area contributed by atoms with E-state index >= 15 is 0 Å². The van der Waals surface area contributed by atoms with Gasteiger partial charge in [-0.15, -0.1) is 0 Å². The Morgan fingerprint density at radius 2 is 2.06 bits per heavy atom. The van der Waals surface area contributed by atoms with Crippen molar-refractivity contribution in [2.75, 3.05) is 13.6 Å². The number of hydrogen-bond donors (Lipinski definition) is 1. The topological polar surface area (TPSA) is 47.1 Å². The zero-order chi connectivity index (χ0) is 22.6. The number of allylic oxidation sites excluding steroid dienone is 4. The molecule has 1 aromatic carbocycles. The van der Waals surface area contributed by atoms with E-state index in [9.17, 15) is 4.39 Å². The number of halogens is 1. The van der Waals surface area contributed by atoms with Crippen molar-refractivity contribution in [3.63, 3.8) is 0 Å². The van der Waals surface area contributed by atoms with E-state index in [-0.39, 0.29) is 0 Å². The second-order valence-electron chi connectivity index (χ2n) is 7.93. The molecule has 0 saturated carbocycles. The molecule has 1 aromatic heterocycles. The first kappa shape index (κ1) is 25.4. The summed E-state index contributed by atoms with van der Waals surface area (Å²) in [5.41, 5.74) is 2.93. The smallest absolute Gasteiger partial charge is 0.140 e. The third-order valence-electron chi connectivity index (χ3n) is 5.30. The van der Waals surface area contributed by atoms with Gasteiger partial charge in [-0.3, -0.25) is 5.14 Å². The quantitative estimate of drug-likeness (QED) is 0.287. The molecule has 1 heterocycles. The van der Waals surface area contributed by atoms with Crippen LogP contribution in [0.2, 0.25) is 0 Å². The SMILES string of the molecule is C/C=C\C/C=C(/CCn1cc(CN(C)CCCC)nc1-c1ccc(SN)cc1)C(C)F. The highest BCUT2D eigenvalue weighted by Crippen LogP contribution is 2.24. The Morgan fingerprint density at radius 3 is 2.68 bits per heavy atom. The molecule has 0 fully saturated rings. The molecule has 1 unspecified atom stereocenters. The van der Waals surface area contributed by atoms with Crippen LogP contribution in [-0.2, 0) is 13.1 Å². The molecule has 0 radical (unpaired) electrons. The Morgan fingerprint density at radius 1 is 1.32 bits per heavy atom. The molecule has 2 N–H and O–H groups in total. The van der Waals surface area contributed by atoms with Crippen molar-refractivity contribution < 1.29 is 4.39 Å². The number of unbranched alkanes of at least 4 members (excludes halogenated alkanes) is 1. The van der Waals surface area contributed by atoms with Gasteiger partial charge in [-0.25, -0.2) is 9.37 Å². The van der Waals surface area contributed by atoms with Crippen LogP contribution in [0.15, 0.2) is 59.2 Å². The van der Waals surface area contributed by atoms with Gasteiger partial charge < -0.3 is 9.47 Å². The lowest BCUT2D eigenvalue weighted by molar-refractivity contribution is 0.317. The number of nitrogens with two attached hydrogens (primary N) is 1. The molecule has 4 nitrogen and oxygen atoms in total. The van der Waals surface area contributed by atoms with Gasteiger partial charge >= 0.3 is 0 Å². The summed E-state index contributed by atoms with van der Waals surface area (Å²) in [6.07, 6.45) is 11.0. The molecule has 6 heteroatoms. The fourth-order valence-electron chi connectivity index (χ4n) is 3.48. The zero-order valence-electron chi connectivity index (χ0n) is 19.4. The first-order valence-corrected chi connectivity index (χ1v) is 12.0. The van der Waals surface area contributed by atoms with Crippen LogP contribution in [0.4, 0.5) is 4.39 Å². The highest BCUT2D eigenvalue weighted by molar-refractivity contribution is 7.97. The fourth-order valence-corrected chi connectivity index (χ4v) is 3.77. The highest BCUT2D eigenvalue weighted by Gasteiger charge is 2.14. The van der Waals surface area contributed by atoms with Crippen molar-refractivity contribution in [2.45, 2.75) is 70.6 Å².